The Morgan fingerprint density at radius 3 is 2.40 bits per heavy atom. The van der Waals surface area contributed by atoms with Gasteiger partial charge in [0.15, 0.2) is 5.69 Å². The summed E-state index contributed by atoms with van der Waals surface area (Å²) in [5.41, 5.74) is 4.85. The summed E-state index contributed by atoms with van der Waals surface area (Å²) in [5, 5.41) is 10.9. The second kappa shape index (κ2) is 8.23. The van der Waals surface area contributed by atoms with Crippen LogP contribution in [-0.2, 0) is 6.18 Å². The quantitative estimate of drug-likeness (QED) is 0.500. The van der Waals surface area contributed by atoms with Crippen molar-refractivity contribution in [2.24, 2.45) is 0 Å². The molecule has 0 saturated carbocycles. The number of phenolic OH excluding ortho intramolecular Hbond substituents is 1. The van der Waals surface area contributed by atoms with Crippen molar-refractivity contribution < 1.29 is 23.0 Å². The van der Waals surface area contributed by atoms with Crippen LogP contribution in [0.15, 0.2) is 54.6 Å². The molecule has 3 rings (SSSR count). The maximum atomic E-state index is 13.8. The van der Waals surface area contributed by atoms with Crippen molar-refractivity contribution in [3.8, 4) is 33.9 Å². The fourth-order valence-electron chi connectivity index (χ4n) is 2.78. The van der Waals surface area contributed by atoms with E-state index in [9.17, 15) is 18.3 Å². The predicted molar refractivity (Wildman–Crippen MR) is 109 cm³/mol. The molecule has 3 N–H and O–H groups in total. The molecule has 156 valence electrons. The van der Waals surface area contributed by atoms with E-state index in [2.05, 4.69) is 16.5 Å². The van der Waals surface area contributed by atoms with Gasteiger partial charge in [0.2, 0.25) is 5.95 Å². The number of rotatable bonds is 5. The summed E-state index contributed by atoms with van der Waals surface area (Å²) < 4.78 is 46.8. The summed E-state index contributed by atoms with van der Waals surface area (Å²) in [6.07, 6.45) is -4.80. The number of nitrogens with two attached hydrogens (primary N) is 1. The third-order valence-corrected chi connectivity index (χ3v) is 4.29. The molecule has 30 heavy (non-hydrogen) atoms. The Balaban J connectivity index is 2.23. The number of nitrogen functional groups attached to an aromatic ring is 1. The van der Waals surface area contributed by atoms with E-state index in [4.69, 9.17) is 22.1 Å². The van der Waals surface area contributed by atoms with Crippen LogP contribution in [0.5, 0.6) is 11.5 Å². The molecule has 0 fully saturated rings. The first kappa shape index (κ1) is 21.4. The van der Waals surface area contributed by atoms with Gasteiger partial charge in [-0.15, -0.1) is 0 Å². The zero-order valence-electron chi connectivity index (χ0n) is 15.8. The maximum absolute atomic E-state index is 13.8. The molecule has 0 saturated heterocycles. The first-order valence-corrected chi connectivity index (χ1v) is 9.05. The van der Waals surface area contributed by atoms with E-state index >= 15 is 0 Å². The summed E-state index contributed by atoms with van der Waals surface area (Å²) >= 11 is 5.87. The van der Waals surface area contributed by atoms with Crippen LogP contribution in [0.25, 0.3) is 22.4 Å². The van der Waals surface area contributed by atoms with Crippen molar-refractivity contribution >= 4 is 17.5 Å². The van der Waals surface area contributed by atoms with Crippen LogP contribution in [0.1, 0.15) is 12.6 Å². The van der Waals surface area contributed by atoms with Crippen molar-refractivity contribution in [1.29, 1.82) is 0 Å². The number of phenols is 1. The number of anilines is 1. The highest BCUT2D eigenvalue weighted by atomic mass is 35.5. The summed E-state index contributed by atoms with van der Waals surface area (Å²) in [6.45, 7) is 5.72. The number of benzene rings is 2. The van der Waals surface area contributed by atoms with E-state index in [1.807, 2.05) is 0 Å². The van der Waals surface area contributed by atoms with Gasteiger partial charge < -0.3 is 15.6 Å². The molecule has 0 aliphatic carbocycles. The zero-order chi connectivity index (χ0) is 22.1. The molecule has 0 amide bonds. The second-order valence-electron chi connectivity index (χ2n) is 6.58. The fourth-order valence-corrected chi connectivity index (χ4v) is 2.90. The molecule has 0 radical (unpaired) electrons. The normalized spacial score (nSPS) is 11.4. The number of hydrogen-bond acceptors (Lipinski definition) is 5. The van der Waals surface area contributed by atoms with E-state index in [1.54, 1.807) is 6.92 Å². The Morgan fingerprint density at radius 1 is 1.17 bits per heavy atom. The lowest BCUT2D eigenvalue weighted by Crippen LogP contribution is -2.14. The predicted octanol–water partition coefficient (Wildman–Crippen LogP) is 5.73. The minimum atomic E-state index is -4.80. The van der Waals surface area contributed by atoms with Crippen LogP contribution < -0.4 is 10.5 Å². The molecule has 2 aromatic carbocycles. The first-order valence-electron chi connectivity index (χ1n) is 8.67. The van der Waals surface area contributed by atoms with Crippen molar-refractivity contribution in [3.63, 3.8) is 0 Å². The van der Waals surface area contributed by atoms with Crippen LogP contribution in [0, 0.1) is 0 Å². The first-order chi connectivity index (χ1) is 14.1. The van der Waals surface area contributed by atoms with Gasteiger partial charge in [-0.3, -0.25) is 0 Å². The van der Waals surface area contributed by atoms with Crippen LogP contribution in [0.3, 0.4) is 0 Å². The average molecular weight is 436 g/mol. The van der Waals surface area contributed by atoms with Crippen molar-refractivity contribution in [2.45, 2.75) is 13.1 Å². The Hall–Kier alpha value is -3.26. The molecule has 5 nitrogen and oxygen atoms in total. The van der Waals surface area contributed by atoms with Crippen LogP contribution in [0.4, 0.5) is 19.1 Å². The minimum Gasteiger partial charge on any atom is -0.507 e. The number of nitrogens with zero attached hydrogens (tertiary/aromatic N) is 2. The number of hydrogen-bond donors (Lipinski definition) is 2. The maximum Gasteiger partial charge on any atom is 0.434 e. The van der Waals surface area contributed by atoms with Gasteiger partial charge in [-0.05, 0) is 42.3 Å². The van der Waals surface area contributed by atoms with E-state index < -0.39 is 17.8 Å². The highest BCUT2D eigenvalue weighted by Gasteiger charge is 2.38. The molecule has 0 spiro atoms. The van der Waals surface area contributed by atoms with Gasteiger partial charge in [0, 0.05) is 22.2 Å². The highest BCUT2D eigenvalue weighted by Crippen LogP contribution is 2.43. The van der Waals surface area contributed by atoms with E-state index in [0.717, 1.165) is 5.57 Å². The lowest BCUT2D eigenvalue weighted by molar-refractivity contribution is -0.140. The SMILES string of the molecule is C=C(C)COc1ccc(-c2nc(N)nc(C(F)(F)F)c2-c2ccc(Cl)cc2)c(O)c1. The van der Waals surface area contributed by atoms with Gasteiger partial charge in [0.05, 0.1) is 5.69 Å². The molecule has 0 aliphatic heterocycles. The zero-order valence-corrected chi connectivity index (χ0v) is 16.6. The summed E-state index contributed by atoms with van der Waals surface area (Å²) in [4.78, 5) is 7.42. The molecular weight excluding hydrogens is 419 g/mol. The smallest absolute Gasteiger partial charge is 0.434 e. The third kappa shape index (κ3) is 4.65. The van der Waals surface area contributed by atoms with Gasteiger partial charge in [-0.2, -0.15) is 13.2 Å². The van der Waals surface area contributed by atoms with Crippen LogP contribution in [-0.4, -0.2) is 21.7 Å². The van der Waals surface area contributed by atoms with Gasteiger partial charge in [0.1, 0.15) is 18.1 Å². The van der Waals surface area contributed by atoms with Gasteiger partial charge in [-0.25, -0.2) is 9.97 Å². The Bertz CT molecular complexity index is 1100. The largest absolute Gasteiger partial charge is 0.507 e. The lowest BCUT2D eigenvalue weighted by atomic mass is 9.96. The fraction of sp³-hybridized carbons (Fsp3) is 0.143. The van der Waals surface area contributed by atoms with E-state index in [1.165, 1.54) is 42.5 Å². The highest BCUT2D eigenvalue weighted by molar-refractivity contribution is 6.30. The van der Waals surface area contributed by atoms with Crippen LogP contribution in [0.2, 0.25) is 5.02 Å². The van der Waals surface area contributed by atoms with Gasteiger partial charge >= 0.3 is 6.18 Å². The summed E-state index contributed by atoms with van der Waals surface area (Å²) in [5.74, 6) is -0.571. The standard InChI is InChI=1S/C21H17ClF3N3O2/c1-11(2)10-30-14-7-8-15(16(29)9-14)18-17(12-3-5-13(22)6-4-12)19(21(23,24)25)28-20(26)27-18/h3-9,29H,1,10H2,2H3,(H2,26,27,28). The van der Waals surface area contributed by atoms with Gasteiger partial charge in [0.25, 0.3) is 0 Å². The Labute approximate surface area is 175 Å². The Morgan fingerprint density at radius 2 is 1.83 bits per heavy atom. The van der Waals surface area contributed by atoms with Crippen molar-refractivity contribution in [2.75, 3.05) is 12.3 Å². The molecule has 0 bridgehead atoms. The molecule has 9 heteroatoms. The Kier molecular flexibility index (Phi) is 5.89. The lowest BCUT2D eigenvalue weighted by Gasteiger charge is -2.17. The number of ether oxygens (including phenoxy) is 1. The molecule has 0 aliphatic rings. The third-order valence-electron chi connectivity index (χ3n) is 4.04. The molecular formula is C21H17ClF3N3O2. The van der Waals surface area contributed by atoms with Crippen LogP contribution >= 0.6 is 11.6 Å². The number of aromatic hydroxyl groups is 1. The summed E-state index contributed by atoms with van der Waals surface area (Å²) in [6, 6.07) is 9.93. The monoisotopic (exact) mass is 435 g/mol. The molecule has 1 heterocycles. The molecule has 0 unspecified atom stereocenters. The molecule has 0 atom stereocenters. The van der Waals surface area contributed by atoms with E-state index in [-0.39, 0.29) is 34.7 Å². The second-order valence-corrected chi connectivity index (χ2v) is 7.02. The molecule has 1 aromatic heterocycles. The van der Waals surface area contributed by atoms with Gasteiger partial charge in [-0.1, -0.05) is 30.3 Å². The van der Waals surface area contributed by atoms with Crippen molar-refractivity contribution in [3.05, 3.63) is 65.3 Å². The number of aromatic nitrogens is 2. The van der Waals surface area contributed by atoms with Crippen molar-refractivity contribution in [1.82, 2.24) is 9.97 Å². The molecule has 3 aromatic rings. The summed E-state index contributed by atoms with van der Waals surface area (Å²) in [7, 11) is 0. The minimum absolute atomic E-state index is 0.0437. The average Bonchev–Trinajstić information content (AvgIpc) is 2.66. The van der Waals surface area contributed by atoms with E-state index in [0.29, 0.717) is 10.8 Å². The number of alkyl halides is 3. The number of halogens is 4. The topological polar surface area (TPSA) is 81.3 Å².